The first-order valence-electron chi connectivity index (χ1n) is 6.89. The summed E-state index contributed by atoms with van der Waals surface area (Å²) in [5.74, 6) is 0.423. The van der Waals surface area contributed by atoms with E-state index < -0.39 is 10.8 Å². The predicted molar refractivity (Wildman–Crippen MR) is 80.5 cm³/mol. The summed E-state index contributed by atoms with van der Waals surface area (Å²) in [6.07, 6.45) is 3.33. The molecule has 2 aromatic rings. The quantitative estimate of drug-likeness (QED) is 0.934. The lowest BCUT2D eigenvalue weighted by Crippen LogP contribution is -2.26. The Morgan fingerprint density at radius 3 is 2.68 bits per heavy atom. The number of hydrogen-bond acceptors (Lipinski definition) is 2. The fourth-order valence-electron chi connectivity index (χ4n) is 3.02. The van der Waals surface area contributed by atoms with Gasteiger partial charge in [-0.1, -0.05) is 36.8 Å². The molecule has 0 amide bonds. The van der Waals surface area contributed by atoms with E-state index in [2.05, 4.69) is 24.3 Å². The minimum absolute atomic E-state index is 0.242. The van der Waals surface area contributed by atoms with Gasteiger partial charge < -0.3 is 5.73 Å². The van der Waals surface area contributed by atoms with E-state index in [1.807, 2.05) is 18.2 Å². The van der Waals surface area contributed by atoms with Crippen LogP contribution in [0.2, 0.25) is 0 Å². The predicted octanol–water partition coefficient (Wildman–Crippen LogP) is 3.07. The Kier molecular flexibility index (Phi) is 3.67. The molecule has 0 saturated heterocycles. The lowest BCUT2D eigenvalue weighted by molar-refractivity contribution is 0.558. The van der Waals surface area contributed by atoms with Crippen LogP contribution in [0, 0.1) is 5.92 Å². The van der Waals surface area contributed by atoms with Crippen molar-refractivity contribution in [3.63, 3.8) is 0 Å². The smallest absolute Gasteiger partial charge is 0.0564 e. The molecule has 1 aliphatic rings. The van der Waals surface area contributed by atoms with Gasteiger partial charge in [0.25, 0.3) is 0 Å². The van der Waals surface area contributed by atoms with Crippen LogP contribution >= 0.6 is 0 Å². The molecule has 0 heterocycles. The third-order valence-corrected chi connectivity index (χ3v) is 6.01. The first-order chi connectivity index (χ1) is 9.29. The van der Waals surface area contributed by atoms with E-state index in [1.54, 1.807) is 0 Å². The molecule has 3 rings (SSSR count). The van der Waals surface area contributed by atoms with Crippen LogP contribution in [0.3, 0.4) is 0 Å². The molecule has 1 aliphatic carbocycles. The zero-order chi connectivity index (χ0) is 13.2. The molecule has 3 unspecified atom stereocenters. The third-order valence-electron chi connectivity index (χ3n) is 4.12. The molecule has 2 nitrogen and oxygen atoms in total. The normalized spacial score (nSPS) is 24.7. The van der Waals surface area contributed by atoms with Gasteiger partial charge in [-0.15, -0.1) is 0 Å². The van der Waals surface area contributed by atoms with Crippen LogP contribution in [0.4, 0.5) is 0 Å². The van der Waals surface area contributed by atoms with Crippen molar-refractivity contribution in [2.24, 2.45) is 11.7 Å². The molecule has 0 aliphatic heterocycles. The Labute approximate surface area is 116 Å². The number of fused-ring (bicyclic) bond motifs is 1. The Hall–Kier alpha value is -1.19. The summed E-state index contributed by atoms with van der Waals surface area (Å²) in [5.41, 5.74) is 5.80. The van der Waals surface area contributed by atoms with Crippen LogP contribution in [0.25, 0.3) is 10.8 Å². The highest BCUT2D eigenvalue weighted by molar-refractivity contribution is 7.85. The van der Waals surface area contributed by atoms with Gasteiger partial charge in [0.1, 0.15) is 0 Å². The van der Waals surface area contributed by atoms with E-state index >= 15 is 0 Å². The fourth-order valence-corrected chi connectivity index (χ4v) is 4.79. The fraction of sp³-hybridized carbons (Fsp3) is 0.375. The second kappa shape index (κ2) is 5.43. The summed E-state index contributed by atoms with van der Waals surface area (Å²) < 4.78 is 12.7. The Morgan fingerprint density at radius 2 is 1.89 bits per heavy atom. The standard InChI is InChI=1S/C16H19NOS/c17-11-14-6-3-7-16(14)19(18)15-9-8-12-4-1-2-5-13(12)10-15/h1-2,4-5,8-10,14,16H,3,6-7,11,17H2. The van der Waals surface area contributed by atoms with Gasteiger partial charge in [-0.3, -0.25) is 4.21 Å². The van der Waals surface area contributed by atoms with Crippen molar-refractivity contribution in [1.29, 1.82) is 0 Å². The van der Waals surface area contributed by atoms with E-state index in [0.717, 1.165) is 29.5 Å². The van der Waals surface area contributed by atoms with Crippen LogP contribution < -0.4 is 5.73 Å². The minimum Gasteiger partial charge on any atom is -0.330 e. The molecule has 19 heavy (non-hydrogen) atoms. The second-order valence-corrected chi connectivity index (χ2v) is 6.94. The van der Waals surface area contributed by atoms with Crippen LogP contribution in [0.5, 0.6) is 0 Å². The van der Waals surface area contributed by atoms with Crippen molar-refractivity contribution < 1.29 is 4.21 Å². The average molecular weight is 273 g/mol. The molecule has 0 aromatic heterocycles. The van der Waals surface area contributed by atoms with E-state index in [-0.39, 0.29) is 5.25 Å². The van der Waals surface area contributed by atoms with E-state index in [9.17, 15) is 4.21 Å². The molecular formula is C16H19NOS. The van der Waals surface area contributed by atoms with Crippen molar-refractivity contribution >= 4 is 21.6 Å². The molecular weight excluding hydrogens is 254 g/mol. The van der Waals surface area contributed by atoms with Gasteiger partial charge in [-0.25, -0.2) is 0 Å². The molecule has 0 bridgehead atoms. The summed E-state index contributed by atoms with van der Waals surface area (Å²) in [6, 6.07) is 14.3. The summed E-state index contributed by atoms with van der Waals surface area (Å²) in [5, 5.41) is 2.60. The van der Waals surface area contributed by atoms with Gasteiger partial charge in [0.15, 0.2) is 0 Å². The zero-order valence-electron chi connectivity index (χ0n) is 10.9. The Balaban J connectivity index is 1.93. The summed E-state index contributed by atoms with van der Waals surface area (Å²) in [4.78, 5) is 0.948. The van der Waals surface area contributed by atoms with Crippen LogP contribution in [0.15, 0.2) is 47.4 Å². The highest BCUT2D eigenvalue weighted by Crippen LogP contribution is 2.32. The maximum atomic E-state index is 12.7. The largest absolute Gasteiger partial charge is 0.330 e. The maximum absolute atomic E-state index is 12.7. The topological polar surface area (TPSA) is 43.1 Å². The molecule has 2 N–H and O–H groups in total. The van der Waals surface area contributed by atoms with Gasteiger partial charge in [0, 0.05) is 10.1 Å². The minimum atomic E-state index is -0.925. The zero-order valence-corrected chi connectivity index (χ0v) is 11.7. The van der Waals surface area contributed by atoms with E-state index in [1.165, 1.54) is 5.39 Å². The first-order valence-corrected chi connectivity index (χ1v) is 8.10. The van der Waals surface area contributed by atoms with Crippen LogP contribution in [-0.2, 0) is 10.8 Å². The molecule has 2 aromatic carbocycles. The van der Waals surface area contributed by atoms with Gasteiger partial charge in [0.2, 0.25) is 0 Å². The number of rotatable bonds is 3. The van der Waals surface area contributed by atoms with E-state index in [4.69, 9.17) is 5.73 Å². The average Bonchev–Trinajstić information content (AvgIpc) is 2.94. The van der Waals surface area contributed by atoms with Crippen molar-refractivity contribution in [3.05, 3.63) is 42.5 Å². The maximum Gasteiger partial charge on any atom is 0.0564 e. The molecule has 1 fully saturated rings. The first kappa shape index (κ1) is 12.8. The SMILES string of the molecule is NCC1CCCC1S(=O)c1ccc2ccccc2c1. The highest BCUT2D eigenvalue weighted by atomic mass is 32.2. The van der Waals surface area contributed by atoms with Crippen molar-refractivity contribution in [3.8, 4) is 0 Å². The molecule has 1 saturated carbocycles. The van der Waals surface area contributed by atoms with Crippen molar-refractivity contribution in [2.45, 2.75) is 29.4 Å². The molecule has 100 valence electrons. The van der Waals surface area contributed by atoms with Crippen molar-refractivity contribution in [1.82, 2.24) is 0 Å². The summed E-state index contributed by atoms with van der Waals surface area (Å²) in [6.45, 7) is 0.657. The number of hydrogen-bond donors (Lipinski definition) is 1. The molecule has 3 heteroatoms. The summed E-state index contributed by atoms with van der Waals surface area (Å²) >= 11 is 0. The molecule has 0 spiro atoms. The second-order valence-electron chi connectivity index (χ2n) is 5.27. The summed E-state index contributed by atoms with van der Waals surface area (Å²) in [7, 11) is -0.925. The van der Waals surface area contributed by atoms with Crippen molar-refractivity contribution in [2.75, 3.05) is 6.54 Å². The molecule has 3 atom stereocenters. The van der Waals surface area contributed by atoms with Crippen LogP contribution in [0.1, 0.15) is 19.3 Å². The Bertz CT molecular complexity index is 610. The monoisotopic (exact) mass is 273 g/mol. The highest BCUT2D eigenvalue weighted by Gasteiger charge is 2.31. The lowest BCUT2D eigenvalue weighted by atomic mass is 10.1. The third kappa shape index (κ3) is 2.45. The van der Waals surface area contributed by atoms with E-state index in [0.29, 0.717) is 12.5 Å². The van der Waals surface area contributed by atoms with Gasteiger partial charge >= 0.3 is 0 Å². The number of nitrogens with two attached hydrogens (primary N) is 1. The van der Waals surface area contributed by atoms with Gasteiger partial charge in [-0.05, 0) is 48.2 Å². The number of benzene rings is 2. The van der Waals surface area contributed by atoms with Crippen LogP contribution in [-0.4, -0.2) is 16.0 Å². The lowest BCUT2D eigenvalue weighted by Gasteiger charge is -2.17. The Morgan fingerprint density at radius 1 is 1.11 bits per heavy atom. The van der Waals surface area contributed by atoms with Gasteiger partial charge in [0.05, 0.1) is 10.8 Å². The molecule has 0 radical (unpaired) electrons. The van der Waals surface area contributed by atoms with Gasteiger partial charge in [-0.2, -0.15) is 0 Å².